The van der Waals surface area contributed by atoms with E-state index in [0.717, 1.165) is 11.3 Å². The van der Waals surface area contributed by atoms with Gasteiger partial charge in [-0.2, -0.15) is 4.98 Å². The van der Waals surface area contributed by atoms with Crippen LogP contribution < -0.4 is 15.2 Å². The monoisotopic (exact) mass is 398 g/mol. The fraction of sp³-hybridized carbons (Fsp3) is 0.368. The van der Waals surface area contributed by atoms with Gasteiger partial charge in [0, 0.05) is 0 Å². The van der Waals surface area contributed by atoms with Crippen LogP contribution in [0.15, 0.2) is 40.4 Å². The highest BCUT2D eigenvalue weighted by atomic mass is 16.5. The zero-order chi connectivity index (χ0) is 20.4. The summed E-state index contributed by atoms with van der Waals surface area (Å²) in [6, 6.07) is 7.65. The molecule has 3 aromatic rings. The molecule has 29 heavy (non-hydrogen) atoms. The normalized spacial score (nSPS) is 14.7. The summed E-state index contributed by atoms with van der Waals surface area (Å²) in [5.74, 6) is 1.78. The number of hydrogen-bond acceptors (Lipinski definition) is 7. The molecule has 1 aliphatic rings. The van der Waals surface area contributed by atoms with Crippen LogP contribution in [0.1, 0.15) is 5.56 Å². The van der Waals surface area contributed by atoms with Crippen LogP contribution in [-0.2, 0) is 13.1 Å². The van der Waals surface area contributed by atoms with E-state index >= 15 is 0 Å². The molecule has 1 aliphatic heterocycles. The molecule has 0 unspecified atom stereocenters. The van der Waals surface area contributed by atoms with Crippen molar-refractivity contribution in [1.29, 1.82) is 0 Å². The second-order valence-corrected chi connectivity index (χ2v) is 6.59. The van der Waals surface area contributed by atoms with Crippen molar-refractivity contribution < 1.29 is 14.9 Å². The van der Waals surface area contributed by atoms with Crippen LogP contribution >= 0.6 is 0 Å². The number of aliphatic imine (C=N–C) groups is 1. The van der Waals surface area contributed by atoms with Gasteiger partial charge in [-0.3, -0.25) is 19.3 Å². The smallest absolute Gasteiger partial charge is 0.283 e. The second kappa shape index (κ2) is 8.02. The minimum Gasteiger partial charge on any atom is -0.497 e. The van der Waals surface area contributed by atoms with Gasteiger partial charge in [-0.15, -0.1) is 0 Å². The first-order valence-electron chi connectivity index (χ1n) is 9.27. The summed E-state index contributed by atoms with van der Waals surface area (Å²) < 4.78 is 8.50. The Kier molecular flexibility index (Phi) is 5.28. The number of hydrogen-bond donors (Lipinski definition) is 2. The summed E-state index contributed by atoms with van der Waals surface area (Å²) in [7, 11) is 1.62. The molecule has 0 spiro atoms. The minimum atomic E-state index is -0.254. The van der Waals surface area contributed by atoms with Crippen molar-refractivity contribution in [1.82, 2.24) is 19.1 Å². The lowest BCUT2D eigenvalue weighted by molar-refractivity contribution is 0.304. The molecule has 10 nitrogen and oxygen atoms in total. The standard InChI is InChI=1S/C19H22N6O4/c1-29-14-4-2-13(3-5-14)10-23-12-21-16-17(23)22-19-24(7-9-27)15(20-6-8-26)11-25(19)18(16)28/h2-5,12,26-27H,6-11H2,1H3/b20-15+. The van der Waals surface area contributed by atoms with Crippen molar-refractivity contribution in [3.05, 3.63) is 46.5 Å². The lowest BCUT2D eigenvalue weighted by Gasteiger charge is -2.16. The first-order chi connectivity index (χ1) is 14.2. The highest BCUT2D eigenvalue weighted by Gasteiger charge is 2.29. The van der Waals surface area contributed by atoms with Gasteiger partial charge in [-0.1, -0.05) is 12.1 Å². The average molecular weight is 398 g/mol. The van der Waals surface area contributed by atoms with Gasteiger partial charge in [0.15, 0.2) is 11.2 Å². The summed E-state index contributed by atoms with van der Waals surface area (Å²) in [5, 5.41) is 18.5. The number of ether oxygens (including phenoxy) is 1. The minimum absolute atomic E-state index is 0.0917. The predicted molar refractivity (Wildman–Crippen MR) is 108 cm³/mol. The molecule has 0 aliphatic carbocycles. The van der Waals surface area contributed by atoms with E-state index in [1.165, 1.54) is 4.57 Å². The van der Waals surface area contributed by atoms with Gasteiger partial charge < -0.3 is 19.5 Å². The fourth-order valence-corrected chi connectivity index (χ4v) is 3.40. The fourth-order valence-electron chi connectivity index (χ4n) is 3.40. The van der Waals surface area contributed by atoms with E-state index in [9.17, 15) is 9.90 Å². The van der Waals surface area contributed by atoms with Crippen molar-refractivity contribution in [2.45, 2.75) is 13.1 Å². The lowest BCUT2D eigenvalue weighted by atomic mass is 10.2. The molecule has 0 atom stereocenters. The van der Waals surface area contributed by atoms with Crippen molar-refractivity contribution >= 4 is 22.9 Å². The Balaban J connectivity index is 1.75. The van der Waals surface area contributed by atoms with Crippen LogP contribution in [-0.4, -0.2) is 68.6 Å². The summed E-state index contributed by atoms with van der Waals surface area (Å²) in [5.41, 5.74) is 1.53. The molecule has 0 saturated heterocycles. The molecule has 0 fully saturated rings. The third-order valence-corrected chi connectivity index (χ3v) is 4.79. The van der Waals surface area contributed by atoms with E-state index in [4.69, 9.17) is 9.84 Å². The molecule has 0 saturated carbocycles. The van der Waals surface area contributed by atoms with E-state index in [0.29, 0.717) is 24.0 Å². The van der Waals surface area contributed by atoms with Crippen LogP contribution in [0.4, 0.5) is 5.95 Å². The number of fused-ring (bicyclic) bond motifs is 2. The largest absolute Gasteiger partial charge is 0.497 e. The number of methoxy groups -OCH3 is 1. The van der Waals surface area contributed by atoms with Gasteiger partial charge in [-0.05, 0) is 17.7 Å². The Morgan fingerprint density at radius 2 is 2.00 bits per heavy atom. The summed E-state index contributed by atoms with van der Waals surface area (Å²) >= 11 is 0. The Morgan fingerprint density at radius 3 is 2.69 bits per heavy atom. The maximum atomic E-state index is 13.0. The molecule has 10 heteroatoms. The third kappa shape index (κ3) is 3.47. The van der Waals surface area contributed by atoms with Crippen LogP contribution in [0, 0.1) is 0 Å². The SMILES string of the molecule is COc1ccc(Cn2cnc3c(=O)n4c(nc32)N(CCO)/C(=N/CCO)C4)cc1. The summed E-state index contributed by atoms with van der Waals surface area (Å²) in [4.78, 5) is 28.0. The number of aromatic nitrogens is 4. The number of aliphatic hydroxyl groups excluding tert-OH is 2. The lowest BCUT2D eigenvalue weighted by Crippen LogP contribution is -2.31. The van der Waals surface area contributed by atoms with Gasteiger partial charge in [0.25, 0.3) is 5.56 Å². The molecule has 0 bridgehead atoms. The molecule has 0 amide bonds. The Bertz CT molecular complexity index is 1100. The van der Waals surface area contributed by atoms with Crippen LogP contribution in [0.2, 0.25) is 0 Å². The number of amidine groups is 1. The van der Waals surface area contributed by atoms with Gasteiger partial charge >= 0.3 is 0 Å². The third-order valence-electron chi connectivity index (χ3n) is 4.79. The zero-order valence-corrected chi connectivity index (χ0v) is 16.0. The molecule has 2 aromatic heterocycles. The van der Waals surface area contributed by atoms with Gasteiger partial charge in [0.05, 0.1) is 52.8 Å². The van der Waals surface area contributed by atoms with Gasteiger partial charge in [-0.25, -0.2) is 4.98 Å². The molecular weight excluding hydrogens is 376 g/mol. The maximum absolute atomic E-state index is 13.0. The van der Waals surface area contributed by atoms with Gasteiger partial charge in [0.1, 0.15) is 11.6 Å². The number of benzene rings is 1. The topological polar surface area (TPSA) is 118 Å². The Labute approximate surface area is 166 Å². The highest BCUT2D eigenvalue weighted by molar-refractivity contribution is 6.00. The number of imidazole rings is 1. The van der Waals surface area contributed by atoms with Crippen molar-refractivity contribution in [2.75, 3.05) is 38.3 Å². The molecule has 2 N–H and O–H groups in total. The average Bonchev–Trinajstić information content (AvgIpc) is 3.30. The Hall–Kier alpha value is -3.24. The van der Waals surface area contributed by atoms with Crippen molar-refractivity contribution in [3.8, 4) is 5.75 Å². The highest BCUT2D eigenvalue weighted by Crippen LogP contribution is 2.22. The van der Waals surface area contributed by atoms with Crippen LogP contribution in [0.5, 0.6) is 5.75 Å². The zero-order valence-electron chi connectivity index (χ0n) is 16.0. The van der Waals surface area contributed by atoms with E-state index in [2.05, 4.69) is 15.0 Å². The number of aliphatic hydroxyl groups is 2. The number of anilines is 1. The first kappa shape index (κ1) is 19.1. The summed E-state index contributed by atoms with van der Waals surface area (Å²) in [6.45, 7) is 1.02. The molecular formula is C19H22N6O4. The first-order valence-corrected chi connectivity index (χ1v) is 9.27. The molecule has 4 rings (SSSR count). The molecule has 152 valence electrons. The van der Waals surface area contributed by atoms with Gasteiger partial charge in [0.2, 0.25) is 5.95 Å². The molecule has 3 heterocycles. The number of nitrogens with zero attached hydrogens (tertiary/aromatic N) is 6. The van der Waals surface area contributed by atoms with E-state index in [1.54, 1.807) is 18.3 Å². The van der Waals surface area contributed by atoms with Crippen molar-refractivity contribution in [2.24, 2.45) is 4.99 Å². The van der Waals surface area contributed by atoms with E-state index < -0.39 is 0 Å². The van der Waals surface area contributed by atoms with E-state index in [-0.39, 0.29) is 43.9 Å². The quantitative estimate of drug-likeness (QED) is 0.568. The number of rotatable bonds is 7. The number of β-amino-alcohol motifs (C(OH)–C–C–N with tert-alkyl or cyclic N) is 1. The molecule has 0 radical (unpaired) electrons. The van der Waals surface area contributed by atoms with Crippen LogP contribution in [0.25, 0.3) is 11.2 Å². The predicted octanol–water partition coefficient (Wildman–Crippen LogP) is -0.147. The van der Waals surface area contributed by atoms with Crippen LogP contribution in [0.3, 0.4) is 0 Å². The maximum Gasteiger partial charge on any atom is 0.283 e. The second-order valence-electron chi connectivity index (χ2n) is 6.59. The van der Waals surface area contributed by atoms with E-state index in [1.807, 2.05) is 28.8 Å². The Morgan fingerprint density at radius 1 is 1.21 bits per heavy atom. The van der Waals surface area contributed by atoms with Crippen molar-refractivity contribution in [3.63, 3.8) is 0 Å². The molecule has 1 aromatic carbocycles. The summed E-state index contributed by atoms with van der Waals surface area (Å²) in [6.07, 6.45) is 1.61.